The first-order valence-electron chi connectivity index (χ1n) is 7.36. The van der Waals surface area contributed by atoms with E-state index in [4.69, 9.17) is 4.74 Å². The molecule has 4 nitrogen and oxygen atoms in total. The van der Waals surface area contributed by atoms with Gasteiger partial charge in [0.05, 0.1) is 5.92 Å². The number of ether oxygens (including phenoxy) is 1. The van der Waals surface area contributed by atoms with Crippen LogP contribution in [0.5, 0.6) is 0 Å². The van der Waals surface area contributed by atoms with E-state index in [1.807, 2.05) is 37.3 Å². The molecule has 1 saturated heterocycles. The number of hydrogen-bond acceptors (Lipinski definition) is 4. The summed E-state index contributed by atoms with van der Waals surface area (Å²) in [5, 5.41) is 3.27. The van der Waals surface area contributed by atoms with E-state index in [0.29, 0.717) is 12.6 Å². The second kappa shape index (κ2) is 7.41. The number of likely N-dealkylation sites (N-methyl/N-ethyl adjacent to an activating group) is 1. The van der Waals surface area contributed by atoms with Crippen molar-refractivity contribution in [1.29, 1.82) is 0 Å². The molecule has 0 aliphatic carbocycles. The minimum atomic E-state index is -0.111. The summed E-state index contributed by atoms with van der Waals surface area (Å²) >= 11 is 0. The lowest BCUT2D eigenvalue weighted by molar-refractivity contribution is -0.150. The molecule has 110 valence electrons. The summed E-state index contributed by atoms with van der Waals surface area (Å²) in [6.07, 6.45) is 0. The monoisotopic (exact) mass is 276 g/mol. The van der Waals surface area contributed by atoms with E-state index in [-0.39, 0.29) is 11.9 Å². The molecular formula is C16H24N2O2. The Hall–Kier alpha value is -1.39. The molecule has 0 saturated carbocycles. The van der Waals surface area contributed by atoms with Crippen molar-refractivity contribution < 1.29 is 9.53 Å². The number of carbonyl (C=O) groups excluding carboxylic acids is 1. The smallest absolute Gasteiger partial charge is 0.310 e. The Morgan fingerprint density at radius 2 is 2.10 bits per heavy atom. The van der Waals surface area contributed by atoms with Crippen LogP contribution in [0.2, 0.25) is 0 Å². The van der Waals surface area contributed by atoms with Crippen LogP contribution >= 0.6 is 0 Å². The molecule has 20 heavy (non-hydrogen) atoms. The van der Waals surface area contributed by atoms with Crippen LogP contribution in [-0.2, 0) is 16.1 Å². The molecule has 4 heteroatoms. The third-order valence-electron chi connectivity index (χ3n) is 3.82. The van der Waals surface area contributed by atoms with Crippen molar-refractivity contribution in [3.8, 4) is 0 Å². The predicted octanol–water partition coefficient (Wildman–Crippen LogP) is 1.66. The highest BCUT2D eigenvalue weighted by molar-refractivity contribution is 5.72. The number of esters is 1. The highest BCUT2D eigenvalue weighted by Crippen LogP contribution is 2.11. The van der Waals surface area contributed by atoms with Gasteiger partial charge in [-0.2, -0.15) is 0 Å². The molecule has 1 aliphatic rings. The molecule has 0 radical (unpaired) electrons. The fraction of sp³-hybridized carbons (Fsp3) is 0.562. The Morgan fingerprint density at radius 3 is 2.65 bits per heavy atom. The van der Waals surface area contributed by atoms with E-state index in [0.717, 1.165) is 31.7 Å². The van der Waals surface area contributed by atoms with Crippen LogP contribution in [0.15, 0.2) is 30.3 Å². The van der Waals surface area contributed by atoms with Gasteiger partial charge in [0.2, 0.25) is 0 Å². The molecular weight excluding hydrogens is 252 g/mol. The van der Waals surface area contributed by atoms with Crippen molar-refractivity contribution in [3.05, 3.63) is 35.9 Å². The lowest BCUT2D eigenvalue weighted by atomic mass is 10.1. The number of benzene rings is 1. The van der Waals surface area contributed by atoms with Crippen LogP contribution in [0.1, 0.15) is 19.4 Å². The molecule has 1 aliphatic heterocycles. The van der Waals surface area contributed by atoms with E-state index in [2.05, 4.69) is 17.1 Å². The Morgan fingerprint density at radius 1 is 1.40 bits per heavy atom. The number of nitrogens with zero attached hydrogens (tertiary/aromatic N) is 1. The minimum absolute atomic E-state index is 0.0840. The fourth-order valence-corrected chi connectivity index (χ4v) is 2.37. The summed E-state index contributed by atoms with van der Waals surface area (Å²) in [7, 11) is 0. The first-order chi connectivity index (χ1) is 9.70. The van der Waals surface area contributed by atoms with Crippen LogP contribution in [0, 0.1) is 5.92 Å². The maximum atomic E-state index is 12.0. The summed E-state index contributed by atoms with van der Waals surface area (Å²) in [6.45, 7) is 8.25. The van der Waals surface area contributed by atoms with Crippen molar-refractivity contribution >= 4 is 5.97 Å². The summed E-state index contributed by atoms with van der Waals surface area (Å²) in [5.74, 6) is -0.196. The normalized spacial score (nSPS) is 16.8. The van der Waals surface area contributed by atoms with Gasteiger partial charge in [0.1, 0.15) is 6.61 Å². The minimum Gasteiger partial charge on any atom is -0.461 e. The van der Waals surface area contributed by atoms with Crippen molar-refractivity contribution in [1.82, 2.24) is 10.2 Å². The standard InChI is InChI=1S/C16H24N2O2/c1-3-18(15-9-17-10-15)11-13(2)16(19)20-12-14-7-5-4-6-8-14/h4-8,13,15,17H,3,9-12H2,1-2H3. The highest BCUT2D eigenvalue weighted by Gasteiger charge is 2.26. The van der Waals surface area contributed by atoms with Gasteiger partial charge >= 0.3 is 5.97 Å². The summed E-state index contributed by atoms with van der Waals surface area (Å²) in [6, 6.07) is 10.4. The first kappa shape index (κ1) is 15.0. The van der Waals surface area contributed by atoms with Crippen molar-refractivity contribution in [2.45, 2.75) is 26.5 Å². The van der Waals surface area contributed by atoms with E-state index < -0.39 is 0 Å². The van der Waals surface area contributed by atoms with Gasteiger partial charge in [-0.05, 0) is 12.1 Å². The molecule has 0 amide bonds. The fourth-order valence-electron chi connectivity index (χ4n) is 2.37. The third-order valence-corrected chi connectivity index (χ3v) is 3.82. The van der Waals surface area contributed by atoms with Gasteiger partial charge in [0.15, 0.2) is 0 Å². The van der Waals surface area contributed by atoms with Gasteiger partial charge < -0.3 is 10.1 Å². The highest BCUT2D eigenvalue weighted by atomic mass is 16.5. The van der Waals surface area contributed by atoms with Crippen LogP contribution in [-0.4, -0.2) is 43.1 Å². The van der Waals surface area contributed by atoms with E-state index >= 15 is 0 Å². The van der Waals surface area contributed by atoms with E-state index in [9.17, 15) is 4.79 Å². The molecule has 1 fully saturated rings. The number of carbonyl (C=O) groups is 1. The van der Waals surface area contributed by atoms with Crippen molar-refractivity contribution in [2.75, 3.05) is 26.2 Å². The molecule has 1 aromatic carbocycles. The molecule has 0 spiro atoms. The van der Waals surface area contributed by atoms with Gasteiger partial charge in [0, 0.05) is 25.7 Å². The van der Waals surface area contributed by atoms with Crippen LogP contribution < -0.4 is 5.32 Å². The Labute approximate surface area is 121 Å². The summed E-state index contributed by atoms with van der Waals surface area (Å²) in [4.78, 5) is 14.4. The largest absolute Gasteiger partial charge is 0.461 e. The second-order valence-corrected chi connectivity index (χ2v) is 5.39. The molecule has 0 bridgehead atoms. The lowest BCUT2D eigenvalue weighted by Crippen LogP contribution is -2.58. The Balaban J connectivity index is 1.76. The van der Waals surface area contributed by atoms with Gasteiger partial charge in [0.25, 0.3) is 0 Å². The Kier molecular flexibility index (Phi) is 5.56. The zero-order valence-corrected chi connectivity index (χ0v) is 12.3. The van der Waals surface area contributed by atoms with Crippen LogP contribution in [0.3, 0.4) is 0 Å². The molecule has 1 atom stereocenters. The van der Waals surface area contributed by atoms with Gasteiger partial charge in [-0.1, -0.05) is 44.2 Å². The topological polar surface area (TPSA) is 41.6 Å². The van der Waals surface area contributed by atoms with E-state index in [1.54, 1.807) is 0 Å². The van der Waals surface area contributed by atoms with Crippen LogP contribution in [0.25, 0.3) is 0 Å². The quantitative estimate of drug-likeness (QED) is 0.769. The third kappa shape index (κ3) is 4.05. The summed E-state index contributed by atoms with van der Waals surface area (Å²) in [5.41, 5.74) is 1.03. The molecule has 1 aromatic rings. The average molecular weight is 276 g/mol. The Bertz CT molecular complexity index is 418. The van der Waals surface area contributed by atoms with Crippen LogP contribution in [0.4, 0.5) is 0 Å². The maximum absolute atomic E-state index is 12.0. The SMILES string of the molecule is CCN(CC(C)C(=O)OCc1ccccc1)C1CNC1. The molecule has 2 rings (SSSR count). The van der Waals surface area contributed by atoms with Gasteiger partial charge in [-0.3, -0.25) is 9.69 Å². The van der Waals surface area contributed by atoms with Gasteiger partial charge in [-0.15, -0.1) is 0 Å². The molecule has 1 heterocycles. The van der Waals surface area contributed by atoms with Crippen molar-refractivity contribution in [2.24, 2.45) is 5.92 Å². The maximum Gasteiger partial charge on any atom is 0.310 e. The van der Waals surface area contributed by atoms with Gasteiger partial charge in [-0.25, -0.2) is 0 Å². The number of nitrogens with one attached hydrogen (secondary N) is 1. The zero-order chi connectivity index (χ0) is 14.4. The predicted molar refractivity (Wildman–Crippen MR) is 79.3 cm³/mol. The zero-order valence-electron chi connectivity index (χ0n) is 12.3. The van der Waals surface area contributed by atoms with Crippen molar-refractivity contribution in [3.63, 3.8) is 0 Å². The lowest BCUT2D eigenvalue weighted by Gasteiger charge is -2.38. The first-order valence-corrected chi connectivity index (χ1v) is 7.36. The second-order valence-electron chi connectivity index (χ2n) is 5.39. The molecule has 1 unspecified atom stereocenters. The summed E-state index contributed by atoms with van der Waals surface area (Å²) < 4.78 is 5.39. The number of hydrogen-bond donors (Lipinski definition) is 1. The number of rotatable bonds is 7. The molecule has 1 N–H and O–H groups in total. The molecule has 0 aromatic heterocycles. The van der Waals surface area contributed by atoms with E-state index in [1.165, 1.54) is 0 Å². The average Bonchev–Trinajstić information content (AvgIpc) is 2.43.